The molecule has 1 spiro atoms. The number of nitrogens with one attached hydrogen (secondary N) is 2. The second kappa shape index (κ2) is 10.2. The first-order valence-electron chi connectivity index (χ1n) is 11.8. The summed E-state index contributed by atoms with van der Waals surface area (Å²) in [6, 6.07) is 9.76. The van der Waals surface area contributed by atoms with Crippen LogP contribution in [0.5, 0.6) is 5.75 Å². The van der Waals surface area contributed by atoms with Crippen molar-refractivity contribution >= 4 is 23.7 Å². The Balaban J connectivity index is 1.39. The van der Waals surface area contributed by atoms with Gasteiger partial charge in [0.2, 0.25) is 11.8 Å². The van der Waals surface area contributed by atoms with Crippen LogP contribution in [-0.4, -0.2) is 40.8 Å². The van der Waals surface area contributed by atoms with Crippen LogP contribution in [0.4, 0.5) is 5.82 Å². The Labute approximate surface area is 200 Å². The summed E-state index contributed by atoms with van der Waals surface area (Å²) in [6.45, 7) is 4.81. The highest BCUT2D eigenvalue weighted by molar-refractivity contribution is 5.99. The number of carbonyl (C=O) groups excluding carboxylic acids is 2. The molecule has 1 fully saturated rings. The van der Waals surface area contributed by atoms with E-state index in [1.165, 1.54) is 6.08 Å². The topological polar surface area (TPSA) is 83.6 Å². The quantitative estimate of drug-likeness (QED) is 0.499. The number of aryl methyl sites for hydroxylation is 1. The van der Waals surface area contributed by atoms with Crippen molar-refractivity contribution in [1.29, 1.82) is 0 Å². The first-order valence-corrected chi connectivity index (χ1v) is 11.8. The van der Waals surface area contributed by atoms with Gasteiger partial charge in [0.1, 0.15) is 17.3 Å². The second-order valence-corrected chi connectivity index (χ2v) is 9.02. The monoisotopic (exact) mass is 460 g/mol. The number of likely N-dealkylation sites (N-methyl/N-ethyl adjacent to an activating group) is 1. The SMILES string of the molecule is C/C=C(\CN(C)C(=O)/C=C/c1cnc2c(c1)CNC1(CCCC1)C(=O)N2)Oc1ccccc1C. The van der Waals surface area contributed by atoms with Gasteiger partial charge in [-0.15, -0.1) is 0 Å². The summed E-state index contributed by atoms with van der Waals surface area (Å²) in [5, 5.41) is 6.44. The van der Waals surface area contributed by atoms with E-state index < -0.39 is 5.54 Å². The first-order chi connectivity index (χ1) is 16.4. The molecule has 7 nitrogen and oxygen atoms in total. The molecule has 2 aromatic rings. The third-order valence-corrected chi connectivity index (χ3v) is 6.57. The molecule has 7 heteroatoms. The minimum Gasteiger partial charge on any atom is -0.460 e. The van der Waals surface area contributed by atoms with Crippen molar-refractivity contribution in [2.75, 3.05) is 18.9 Å². The van der Waals surface area contributed by atoms with E-state index in [0.717, 1.165) is 48.1 Å². The van der Waals surface area contributed by atoms with Crippen LogP contribution in [0.3, 0.4) is 0 Å². The Bertz CT molecular complexity index is 1130. The van der Waals surface area contributed by atoms with Crippen molar-refractivity contribution < 1.29 is 14.3 Å². The van der Waals surface area contributed by atoms with Gasteiger partial charge >= 0.3 is 0 Å². The number of anilines is 1. The maximum Gasteiger partial charge on any atom is 0.246 e. The van der Waals surface area contributed by atoms with E-state index in [0.29, 0.717) is 24.7 Å². The van der Waals surface area contributed by atoms with E-state index in [4.69, 9.17) is 4.74 Å². The zero-order chi connectivity index (χ0) is 24.1. The summed E-state index contributed by atoms with van der Waals surface area (Å²) in [7, 11) is 1.74. The van der Waals surface area contributed by atoms with E-state index in [-0.39, 0.29) is 11.8 Å². The number of ether oxygens (including phenoxy) is 1. The van der Waals surface area contributed by atoms with Gasteiger partial charge in [-0.2, -0.15) is 0 Å². The van der Waals surface area contributed by atoms with Crippen LogP contribution < -0.4 is 15.4 Å². The van der Waals surface area contributed by atoms with Gasteiger partial charge < -0.3 is 15.0 Å². The van der Waals surface area contributed by atoms with Crippen LogP contribution in [0.2, 0.25) is 0 Å². The number of pyridine rings is 1. The number of benzene rings is 1. The Morgan fingerprint density at radius 1 is 1.26 bits per heavy atom. The number of fused-ring (bicyclic) bond motifs is 1. The van der Waals surface area contributed by atoms with Crippen molar-refractivity contribution in [3.05, 3.63) is 71.1 Å². The van der Waals surface area contributed by atoms with Gasteiger partial charge in [-0.05, 0) is 62.1 Å². The van der Waals surface area contributed by atoms with E-state index >= 15 is 0 Å². The smallest absolute Gasteiger partial charge is 0.246 e. The van der Waals surface area contributed by atoms with Crippen molar-refractivity contribution in [2.45, 2.75) is 51.6 Å². The molecule has 178 valence electrons. The van der Waals surface area contributed by atoms with E-state index in [9.17, 15) is 9.59 Å². The van der Waals surface area contributed by atoms with Crippen LogP contribution >= 0.6 is 0 Å². The van der Waals surface area contributed by atoms with Gasteiger partial charge in [-0.1, -0.05) is 31.0 Å². The van der Waals surface area contributed by atoms with Crippen LogP contribution in [-0.2, 0) is 16.1 Å². The summed E-state index contributed by atoms with van der Waals surface area (Å²) in [5.74, 6) is 1.94. The second-order valence-electron chi connectivity index (χ2n) is 9.02. The normalized spacial score (nSPS) is 17.4. The zero-order valence-electron chi connectivity index (χ0n) is 20.1. The summed E-state index contributed by atoms with van der Waals surface area (Å²) in [4.78, 5) is 31.5. The standard InChI is InChI=1S/C27H32N4O3/c1-4-22(34-23-10-6-5-9-19(23)2)18-31(3)24(32)12-11-20-15-21-17-29-27(13-7-8-14-27)26(33)30-25(21)28-16-20/h4-6,9-12,15-16,29H,7-8,13-14,17-18H2,1-3H3,(H,28,30,33)/b12-11+,22-4+. The molecule has 0 unspecified atom stereocenters. The lowest BCUT2D eigenvalue weighted by Gasteiger charge is -2.26. The van der Waals surface area contributed by atoms with Crippen LogP contribution in [0.1, 0.15) is 49.3 Å². The number of hydrogen-bond donors (Lipinski definition) is 2. The molecule has 0 atom stereocenters. The van der Waals surface area contributed by atoms with E-state index in [1.54, 1.807) is 24.2 Å². The largest absolute Gasteiger partial charge is 0.460 e. The molecule has 34 heavy (non-hydrogen) atoms. The fourth-order valence-corrected chi connectivity index (χ4v) is 4.42. The molecular formula is C27H32N4O3. The fraction of sp³-hybridized carbons (Fsp3) is 0.370. The average Bonchev–Trinajstić information content (AvgIpc) is 3.28. The van der Waals surface area contributed by atoms with Gasteiger partial charge in [0.15, 0.2) is 0 Å². The van der Waals surface area contributed by atoms with Crippen molar-refractivity contribution in [3.63, 3.8) is 0 Å². The molecule has 2 aliphatic rings. The number of hydrogen-bond acceptors (Lipinski definition) is 5. The number of nitrogens with zero attached hydrogens (tertiary/aromatic N) is 2. The maximum atomic E-state index is 12.7. The number of rotatable bonds is 6. The molecular weight excluding hydrogens is 428 g/mol. The lowest BCUT2D eigenvalue weighted by molar-refractivity contribution is -0.124. The average molecular weight is 461 g/mol. The summed E-state index contributed by atoms with van der Waals surface area (Å²) >= 11 is 0. The Morgan fingerprint density at radius 2 is 2.03 bits per heavy atom. The molecule has 1 aliphatic heterocycles. The molecule has 4 rings (SSSR count). The Hall–Kier alpha value is -3.45. The maximum absolute atomic E-state index is 12.7. The molecule has 1 aliphatic carbocycles. The fourth-order valence-electron chi connectivity index (χ4n) is 4.42. The highest BCUT2D eigenvalue weighted by Gasteiger charge is 2.42. The number of para-hydroxylation sites is 1. The number of amides is 2. The van der Waals surface area contributed by atoms with E-state index in [2.05, 4.69) is 15.6 Å². The van der Waals surface area contributed by atoms with Crippen molar-refractivity contribution in [2.24, 2.45) is 0 Å². The lowest BCUT2D eigenvalue weighted by Crippen LogP contribution is -2.50. The highest BCUT2D eigenvalue weighted by Crippen LogP contribution is 2.33. The minimum atomic E-state index is -0.486. The van der Waals surface area contributed by atoms with Crippen molar-refractivity contribution in [1.82, 2.24) is 15.2 Å². The van der Waals surface area contributed by atoms with Gasteiger partial charge in [-0.3, -0.25) is 14.9 Å². The molecule has 0 bridgehead atoms. The molecule has 2 amide bonds. The molecule has 2 N–H and O–H groups in total. The summed E-state index contributed by atoms with van der Waals surface area (Å²) < 4.78 is 5.99. The number of allylic oxidation sites excluding steroid dienone is 1. The Kier molecular flexibility index (Phi) is 7.12. The Morgan fingerprint density at radius 3 is 2.76 bits per heavy atom. The summed E-state index contributed by atoms with van der Waals surface area (Å²) in [5.41, 5.74) is 2.28. The predicted molar refractivity (Wildman–Crippen MR) is 133 cm³/mol. The zero-order valence-corrected chi connectivity index (χ0v) is 20.1. The van der Waals surface area contributed by atoms with Gasteiger partial charge in [0.05, 0.1) is 12.1 Å². The number of carbonyl (C=O) groups is 2. The van der Waals surface area contributed by atoms with Crippen LogP contribution in [0, 0.1) is 6.92 Å². The van der Waals surface area contributed by atoms with Crippen LogP contribution in [0.15, 0.2) is 54.4 Å². The molecule has 1 aromatic carbocycles. The molecule has 1 saturated carbocycles. The third kappa shape index (κ3) is 5.20. The van der Waals surface area contributed by atoms with E-state index in [1.807, 2.05) is 50.3 Å². The van der Waals surface area contributed by atoms with Gasteiger partial charge in [-0.25, -0.2) is 4.98 Å². The van der Waals surface area contributed by atoms with Crippen molar-refractivity contribution in [3.8, 4) is 5.75 Å². The number of aromatic nitrogens is 1. The minimum absolute atomic E-state index is 0.00374. The molecule has 0 saturated heterocycles. The first kappa shape index (κ1) is 23.7. The van der Waals surface area contributed by atoms with Gasteiger partial charge in [0.25, 0.3) is 0 Å². The molecule has 0 radical (unpaired) electrons. The molecule has 2 heterocycles. The van der Waals surface area contributed by atoms with Crippen LogP contribution in [0.25, 0.3) is 6.08 Å². The lowest BCUT2D eigenvalue weighted by atomic mass is 9.97. The third-order valence-electron chi connectivity index (χ3n) is 6.57. The molecule has 1 aromatic heterocycles. The summed E-state index contributed by atoms with van der Waals surface area (Å²) in [6.07, 6.45) is 10.6. The van der Waals surface area contributed by atoms with Gasteiger partial charge in [0, 0.05) is 31.4 Å². The highest BCUT2D eigenvalue weighted by atomic mass is 16.5. The predicted octanol–water partition coefficient (Wildman–Crippen LogP) is 4.20.